The number of ether oxygens (including phenoxy) is 1. The molecule has 1 aromatic carbocycles. The van der Waals surface area contributed by atoms with Gasteiger partial charge in [-0.25, -0.2) is 4.98 Å². The number of aromatic nitrogens is 1. The molecular weight excluding hydrogens is 315 g/mol. The highest BCUT2D eigenvalue weighted by Crippen LogP contribution is 2.21. The predicted molar refractivity (Wildman–Crippen MR) is 68.2 cm³/mol. The Morgan fingerprint density at radius 2 is 2.12 bits per heavy atom. The van der Waals surface area contributed by atoms with Crippen LogP contribution in [-0.2, 0) is 0 Å². The fourth-order valence-electron chi connectivity index (χ4n) is 1.19. The lowest BCUT2D eigenvalue weighted by atomic mass is 10.3. The van der Waals surface area contributed by atoms with Gasteiger partial charge >= 0.3 is 0 Å². The fourth-order valence-corrected chi connectivity index (χ4v) is 1.70. The monoisotopic (exact) mass is 322 g/mol. The van der Waals surface area contributed by atoms with Crippen LogP contribution in [0.3, 0.4) is 0 Å². The van der Waals surface area contributed by atoms with Gasteiger partial charge in [-0.1, -0.05) is 6.07 Å². The van der Waals surface area contributed by atoms with Gasteiger partial charge in [0.2, 0.25) is 5.88 Å². The number of hydrogen-bond acceptors (Lipinski definition) is 3. The standard InChI is InChI=1S/C12H7IN2O/c13-10-2-1-3-11(7-10)16-12-6-9(8-14)4-5-15-12/h1-7H. The van der Waals surface area contributed by atoms with Crippen LogP contribution in [-0.4, -0.2) is 4.98 Å². The van der Waals surface area contributed by atoms with Gasteiger partial charge in [-0.3, -0.25) is 0 Å². The van der Waals surface area contributed by atoms with Crippen LogP contribution in [0.1, 0.15) is 5.56 Å². The Morgan fingerprint density at radius 3 is 2.88 bits per heavy atom. The SMILES string of the molecule is N#Cc1ccnc(Oc2cccc(I)c2)c1. The van der Waals surface area contributed by atoms with E-state index in [0.717, 1.165) is 9.32 Å². The molecule has 0 spiro atoms. The Kier molecular flexibility index (Phi) is 3.37. The molecule has 0 atom stereocenters. The van der Waals surface area contributed by atoms with Crippen LogP contribution in [0.25, 0.3) is 0 Å². The van der Waals surface area contributed by atoms with E-state index in [9.17, 15) is 0 Å². The van der Waals surface area contributed by atoms with Crippen molar-refractivity contribution in [3.8, 4) is 17.7 Å². The largest absolute Gasteiger partial charge is 0.439 e. The van der Waals surface area contributed by atoms with Gasteiger partial charge < -0.3 is 4.74 Å². The van der Waals surface area contributed by atoms with Crippen molar-refractivity contribution in [2.45, 2.75) is 0 Å². The van der Waals surface area contributed by atoms with Crippen molar-refractivity contribution in [1.82, 2.24) is 4.98 Å². The molecule has 0 N–H and O–H groups in total. The summed E-state index contributed by atoms with van der Waals surface area (Å²) in [4.78, 5) is 4.04. The Bertz CT molecular complexity index is 549. The number of halogens is 1. The number of benzene rings is 1. The van der Waals surface area contributed by atoms with Gasteiger partial charge in [-0.05, 0) is 46.9 Å². The summed E-state index contributed by atoms with van der Waals surface area (Å²) in [5.74, 6) is 1.15. The number of rotatable bonds is 2. The molecule has 1 heterocycles. The second kappa shape index (κ2) is 4.94. The summed E-state index contributed by atoms with van der Waals surface area (Å²) >= 11 is 2.21. The molecule has 2 aromatic rings. The van der Waals surface area contributed by atoms with Crippen LogP contribution >= 0.6 is 22.6 Å². The van der Waals surface area contributed by atoms with Gasteiger partial charge in [0.1, 0.15) is 5.75 Å². The molecule has 0 aliphatic heterocycles. The highest BCUT2D eigenvalue weighted by molar-refractivity contribution is 14.1. The Morgan fingerprint density at radius 1 is 1.25 bits per heavy atom. The van der Waals surface area contributed by atoms with E-state index >= 15 is 0 Å². The summed E-state index contributed by atoms with van der Waals surface area (Å²) in [7, 11) is 0. The first-order valence-electron chi connectivity index (χ1n) is 4.57. The third kappa shape index (κ3) is 2.70. The minimum Gasteiger partial charge on any atom is -0.439 e. The lowest BCUT2D eigenvalue weighted by Crippen LogP contribution is -1.88. The summed E-state index contributed by atoms with van der Waals surface area (Å²) in [5.41, 5.74) is 0.538. The molecule has 0 amide bonds. The van der Waals surface area contributed by atoms with Gasteiger partial charge in [0.05, 0.1) is 11.6 Å². The Hall–Kier alpha value is -1.61. The summed E-state index contributed by atoms with van der Waals surface area (Å²) in [6.07, 6.45) is 1.56. The smallest absolute Gasteiger partial charge is 0.220 e. The molecule has 1 aromatic heterocycles. The Balaban J connectivity index is 2.24. The van der Waals surface area contributed by atoms with Crippen LogP contribution in [0.5, 0.6) is 11.6 Å². The van der Waals surface area contributed by atoms with Crippen LogP contribution in [0, 0.1) is 14.9 Å². The van der Waals surface area contributed by atoms with E-state index in [4.69, 9.17) is 10.00 Å². The quantitative estimate of drug-likeness (QED) is 0.797. The van der Waals surface area contributed by atoms with Crippen LogP contribution < -0.4 is 4.74 Å². The molecule has 0 aliphatic carbocycles. The van der Waals surface area contributed by atoms with Gasteiger partial charge in [0.15, 0.2) is 0 Å². The first-order chi connectivity index (χ1) is 7.78. The van der Waals surface area contributed by atoms with Crippen molar-refractivity contribution in [2.24, 2.45) is 0 Å². The molecule has 3 nitrogen and oxygen atoms in total. The van der Waals surface area contributed by atoms with Gasteiger partial charge in [0, 0.05) is 15.8 Å². The number of nitriles is 1. The summed E-state index contributed by atoms with van der Waals surface area (Å²) in [6.45, 7) is 0. The van der Waals surface area contributed by atoms with Crippen molar-refractivity contribution < 1.29 is 4.74 Å². The topological polar surface area (TPSA) is 45.9 Å². The van der Waals surface area contributed by atoms with Crippen LogP contribution in [0.4, 0.5) is 0 Å². The van der Waals surface area contributed by atoms with Crippen LogP contribution in [0.15, 0.2) is 42.6 Å². The molecule has 0 saturated carbocycles. The maximum Gasteiger partial charge on any atom is 0.220 e. The predicted octanol–water partition coefficient (Wildman–Crippen LogP) is 3.35. The highest BCUT2D eigenvalue weighted by Gasteiger charge is 2.00. The van der Waals surface area contributed by atoms with E-state index in [1.165, 1.54) is 0 Å². The maximum absolute atomic E-state index is 8.74. The van der Waals surface area contributed by atoms with Crippen molar-refractivity contribution in [3.63, 3.8) is 0 Å². The third-order valence-corrected chi connectivity index (χ3v) is 2.55. The van der Waals surface area contributed by atoms with Gasteiger partial charge in [0.25, 0.3) is 0 Å². The number of nitrogens with zero attached hydrogens (tertiary/aromatic N) is 2. The average molecular weight is 322 g/mol. The van der Waals surface area contributed by atoms with Gasteiger partial charge in [-0.2, -0.15) is 5.26 Å². The lowest BCUT2D eigenvalue weighted by molar-refractivity contribution is 0.462. The second-order valence-electron chi connectivity index (χ2n) is 3.05. The van der Waals surface area contributed by atoms with E-state index in [2.05, 4.69) is 27.6 Å². The van der Waals surface area contributed by atoms with E-state index in [-0.39, 0.29) is 0 Å². The molecule has 0 saturated heterocycles. The minimum atomic E-state index is 0.432. The highest BCUT2D eigenvalue weighted by atomic mass is 127. The molecule has 0 bridgehead atoms. The van der Waals surface area contributed by atoms with Crippen molar-refractivity contribution in [2.75, 3.05) is 0 Å². The first-order valence-corrected chi connectivity index (χ1v) is 5.65. The van der Waals surface area contributed by atoms with Crippen molar-refractivity contribution in [3.05, 3.63) is 51.7 Å². The summed E-state index contributed by atoms with van der Waals surface area (Å²) < 4.78 is 6.62. The number of pyridine rings is 1. The molecule has 0 radical (unpaired) electrons. The second-order valence-corrected chi connectivity index (χ2v) is 4.30. The molecule has 4 heteroatoms. The van der Waals surface area contributed by atoms with Crippen molar-refractivity contribution >= 4 is 22.6 Å². The van der Waals surface area contributed by atoms with E-state index in [1.54, 1.807) is 18.3 Å². The normalized spacial score (nSPS) is 9.50. The molecule has 0 fully saturated rings. The molecular formula is C12H7IN2O. The maximum atomic E-state index is 8.74. The molecule has 16 heavy (non-hydrogen) atoms. The summed E-state index contributed by atoms with van der Waals surface area (Å²) in [5, 5.41) is 8.74. The lowest BCUT2D eigenvalue weighted by Gasteiger charge is -2.04. The third-order valence-electron chi connectivity index (χ3n) is 1.88. The zero-order chi connectivity index (χ0) is 11.4. The minimum absolute atomic E-state index is 0.432. The van der Waals surface area contributed by atoms with E-state index in [1.807, 2.05) is 30.3 Å². The Labute approximate surface area is 107 Å². The van der Waals surface area contributed by atoms with Crippen LogP contribution in [0.2, 0.25) is 0 Å². The van der Waals surface area contributed by atoms with Gasteiger partial charge in [-0.15, -0.1) is 0 Å². The summed E-state index contributed by atoms with van der Waals surface area (Å²) in [6, 6.07) is 12.9. The fraction of sp³-hybridized carbons (Fsp3) is 0. The average Bonchev–Trinajstić information content (AvgIpc) is 2.29. The first kappa shape index (κ1) is 10.9. The van der Waals surface area contributed by atoms with Crippen molar-refractivity contribution in [1.29, 1.82) is 5.26 Å². The van der Waals surface area contributed by atoms with E-state index < -0.39 is 0 Å². The zero-order valence-electron chi connectivity index (χ0n) is 8.22. The number of hydrogen-bond donors (Lipinski definition) is 0. The molecule has 0 unspecified atom stereocenters. The molecule has 78 valence electrons. The zero-order valence-corrected chi connectivity index (χ0v) is 10.4. The molecule has 2 rings (SSSR count). The van der Waals surface area contributed by atoms with E-state index in [0.29, 0.717) is 11.4 Å². The molecule has 0 aliphatic rings.